The molecule has 24 heavy (non-hydrogen) atoms. The first-order chi connectivity index (χ1) is 11.2. The van der Waals surface area contributed by atoms with Gasteiger partial charge >= 0.3 is 0 Å². The zero-order valence-electron chi connectivity index (χ0n) is 13.9. The smallest absolute Gasteiger partial charge is 0.248 e. The maximum Gasteiger partial charge on any atom is 0.248 e. The average Bonchev–Trinajstić information content (AvgIpc) is 2.83. The van der Waals surface area contributed by atoms with Gasteiger partial charge in [0.15, 0.2) is 5.82 Å². The summed E-state index contributed by atoms with van der Waals surface area (Å²) >= 11 is 3.52. The van der Waals surface area contributed by atoms with Gasteiger partial charge in [0, 0.05) is 24.6 Å². The molecule has 2 heterocycles. The minimum atomic E-state index is -2.54. The summed E-state index contributed by atoms with van der Waals surface area (Å²) in [6, 6.07) is 1.94. The lowest BCUT2D eigenvalue weighted by Crippen LogP contribution is -2.32. The Morgan fingerprint density at radius 2 is 1.88 bits per heavy atom. The molecular weight excluding hydrogens is 380 g/mol. The van der Waals surface area contributed by atoms with Crippen molar-refractivity contribution in [2.45, 2.75) is 58.4 Å². The van der Waals surface area contributed by atoms with Crippen LogP contribution < -0.4 is 5.32 Å². The molecule has 0 radical (unpaired) electrons. The molecule has 0 saturated heterocycles. The highest BCUT2D eigenvalue weighted by molar-refractivity contribution is 9.10. The van der Waals surface area contributed by atoms with E-state index in [1.165, 1.54) is 0 Å². The van der Waals surface area contributed by atoms with Gasteiger partial charge in [-0.3, -0.25) is 0 Å². The molecule has 0 aromatic carbocycles. The number of aromatic nitrogens is 4. The standard InChI is InChI=1S/C16H20BrF2N5/c1-9-8-10(2)24(23-9)14-13(17)11(3)20-15(22-14)21-12-4-6-16(18,19)7-5-12/h8,12H,4-7H2,1-3H3,(H,20,21,22). The van der Waals surface area contributed by atoms with E-state index in [-0.39, 0.29) is 18.9 Å². The number of hydrogen-bond donors (Lipinski definition) is 1. The summed E-state index contributed by atoms with van der Waals surface area (Å²) in [5.41, 5.74) is 2.64. The lowest BCUT2D eigenvalue weighted by Gasteiger charge is -2.29. The lowest BCUT2D eigenvalue weighted by atomic mass is 9.92. The molecule has 0 atom stereocenters. The fourth-order valence-electron chi connectivity index (χ4n) is 2.96. The van der Waals surface area contributed by atoms with Crippen LogP contribution in [-0.4, -0.2) is 31.7 Å². The Bertz CT molecular complexity index is 749. The SMILES string of the molecule is Cc1cc(C)n(-c2nc(NC3CCC(F)(F)CC3)nc(C)c2Br)n1. The van der Waals surface area contributed by atoms with Crippen molar-refractivity contribution in [3.63, 3.8) is 0 Å². The van der Waals surface area contributed by atoms with Gasteiger partial charge in [0.25, 0.3) is 0 Å². The van der Waals surface area contributed by atoms with Crippen LogP contribution in [0.5, 0.6) is 0 Å². The van der Waals surface area contributed by atoms with Crippen molar-refractivity contribution in [1.82, 2.24) is 19.7 Å². The number of hydrogen-bond acceptors (Lipinski definition) is 4. The van der Waals surface area contributed by atoms with E-state index in [1.54, 1.807) is 4.68 Å². The molecule has 0 spiro atoms. The first-order valence-corrected chi connectivity index (χ1v) is 8.76. The molecule has 130 valence electrons. The van der Waals surface area contributed by atoms with Crippen molar-refractivity contribution in [2.24, 2.45) is 0 Å². The van der Waals surface area contributed by atoms with Crippen LogP contribution in [0.4, 0.5) is 14.7 Å². The van der Waals surface area contributed by atoms with Crippen LogP contribution in [0.25, 0.3) is 5.82 Å². The molecule has 8 heteroatoms. The number of halogens is 3. The van der Waals surface area contributed by atoms with Crippen LogP contribution >= 0.6 is 15.9 Å². The molecule has 0 aliphatic heterocycles. The normalized spacial score (nSPS) is 17.9. The van der Waals surface area contributed by atoms with Crippen molar-refractivity contribution in [3.05, 3.63) is 27.6 Å². The Morgan fingerprint density at radius 1 is 1.21 bits per heavy atom. The number of aryl methyl sites for hydroxylation is 3. The van der Waals surface area contributed by atoms with Crippen LogP contribution in [0.2, 0.25) is 0 Å². The molecule has 0 unspecified atom stereocenters. The van der Waals surface area contributed by atoms with Crippen LogP contribution in [0, 0.1) is 20.8 Å². The molecule has 1 fully saturated rings. The molecule has 1 aliphatic rings. The van der Waals surface area contributed by atoms with Gasteiger partial charge in [-0.15, -0.1) is 0 Å². The third-order valence-electron chi connectivity index (χ3n) is 4.26. The summed E-state index contributed by atoms with van der Waals surface area (Å²) in [5, 5.41) is 7.66. The molecule has 2 aromatic rings. The molecule has 1 aliphatic carbocycles. The Kier molecular flexibility index (Phi) is 4.59. The maximum atomic E-state index is 13.3. The van der Waals surface area contributed by atoms with Crippen molar-refractivity contribution >= 4 is 21.9 Å². The number of nitrogens with one attached hydrogen (secondary N) is 1. The van der Waals surface area contributed by atoms with E-state index in [0.717, 1.165) is 21.6 Å². The number of alkyl halides is 2. The van der Waals surface area contributed by atoms with E-state index in [4.69, 9.17) is 0 Å². The van der Waals surface area contributed by atoms with E-state index in [2.05, 4.69) is 36.3 Å². The summed E-state index contributed by atoms with van der Waals surface area (Å²) in [5.74, 6) is -1.44. The van der Waals surface area contributed by atoms with E-state index in [1.807, 2.05) is 26.8 Å². The van der Waals surface area contributed by atoms with Crippen LogP contribution in [-0.2, 0) is 0 Å². The van der Waals surface area contributed by atoms with Crippen LogP contribution in [0.1, 0.15) is 42.8 Å². The zero-order chi connectivity index (χ0) is 17.5. The fraction of sp³-hybridized carbons (Fsp3) is 0.562. The molecular formula is C16H20BrF2N5. The van der Waals surface area contributed by atoms with Crippen molar-refractivity contribution in [3.8, 4) is 5.82 Å². The predicted octanol–water partition coefficient (Wildman–Crippen LogP) is 4.34. The Morgan fingerprint density at radius 3 is 2.46 bits per heavy atom. The van der Waals surface area contributed by atoms with Crippen molar-refractivity contribution in [2.75, 3.05) is 5.32 Å². The predicted molar refractivity (Wildman–Crippen MR) is 91.9 cm³/mol. The van der Waals surface area contributed by atoms with E-state index in [0.29, 0.717) is 24.6 Å². The number of anilines is 1. The maximum absolute atomic E-state index is 13.3. The van der Waals surface area contributed by atoms with E-state index < -0.39 is 5.92 Å². The summed E-state index contributed by atoms with van der Waals surface area (Å²) < 4.78 is 29.1. The van der Waals surface area contributed by atoms with Gasteiger partial charge < -0.3 is 5.32 Å². The second-order valence-electron chi connectivity index (χ2n) is 6.38. The first-order valence-electron chi connectivity index (χ1n) is 7.97. The third kappa shape index (κ3) is 3.58. The largest absolute Gasteiger partial charge is 0.351 e. The molecule has 3 rings (SSSR count). The molecule has 2 aromatic heterocycles. The summed E-state index contributed by atoms with van der Waals surface area (Å²) in [6.07, 6.45) is 0.649. The third-order valence-corrected chi connectivity index (χ3v) is 5.19. The van der Waals surface area contributed by atoms with Gasteiger partial charge in [0.05, 0.1) is 15.9 Å². The van der Waals surface area contributed by atoms with Gasteiger partial charge in [-0.1, -0.05) is 0 Å². The second kappa shape index (κ2) is 6.38. The molecule has 5 nitrogen and oxygen atoms in total. The Labute approximate surface area is 148 Å². The van der Waals surface area contributed by atoms with Crippen LogP contribution in [0.15, 0.2) is 10.5 Å². The quantitative estimate of drug-likeness (QED) is 0.833. The van der Waals surface area contributed by atoms with Crippen LogP contribution in [0.3, 0.4) is 0 Å². The van der Waals surface area contributed by atoms with Gasteiger partial charge in [-0.25, -0.2) is 18.4 Å². The highest BCUT2D eigenvalue weighted by Gasteiger charge is 2.35. The topological polar surface area (TPSA) is 55.6 Å². The minimum Gasteiger partial charge on any atom is -0.351 e. The summed E-state index contributed by atoms with van der Waals surface area (Å²) in [7, 11) is 0. The highest BCUT2D eigenvalue weighted by Crippen LogP contribution is 2.34. The van der Waals surface area contributed by atoms with Gasteiger partial charge in [-0.2, -0.15) is 10.1 Å². The average molecular weight is 400 g/mol. The first kappa shape index (κ1) is 17.3. The zero-order valence-corrected chi connectivity index (χ0v) is 15.5. The monoisotopic (exact) mass is 399 g/mol. The van der Waals surface area contributed by atoms with E-state index >= 15 is 0 Å². The minimum absolute atomic E-state index is 0.0292. The number of nitrogens with zero attached hydrogens (tertiary/aromatic N) is 4. The van der Waals surface area contributed by atoms with Gasteiger partial charge in [0.1, 0.15) is 0 Å². The van der Waals surface area contributed by atoms with Gasteiger partial charge in [-0.05, 0) is 55.6 Å². The Hall–Kier alpha value is -1.57. The molecule has 0 bridgehead atoms. The highest BCUT2D eigenvalue weighted by atomic mass is 79.9. The molecule has 0 amide bonds. The lowest BCUT2D eigenvalue weighted by molar-refractivity contribution is -0.0361. The molecule has 1 saturated carbocycles. The fourth-order valence-corrected chi connectivity index (χ4v) is 3.30. The van der Waals surface area contributed by atoms with Crippen molar-refractivity contribution in [1.29, 1.82) is 0 Å². The Balaban J connectivity index is 1.86. The summed E-state index contributed by atoms with van der Waals surface area (Å²) in [4.78, 5) is 8.98. The second-order valence-corrected chi connectivity index (χ2v) is 7.18. The number of rotatable bonds is 3. The molecule has 1 N–H and O–H groups in total. The van der Waals surface area contributed by atoms with E-state index in [9.17, 15) is 8.78 Å². The van der Waals surface area contributed by atoms with Gasteiger partial charge in [0.2, 0.25) is 11.9 Å². The van der Waals surface area contributed by atoms with Crippen molar-refractivity contribution < 1.29 is 8.78 Å². The summed E-state index contributed by atoms with van der Waals surface area (Å²) in [6.45, 7) is 5.76.